The van der Waals surface area contributed by atoms with E-state index in [4.69, 9.17) is 0 Å². The first-order valence-corrected chi connectivity index (χ1v) is 8.02. The summed E-state index contributed by atoms with van der Waals surface area (Å²) in [6.45, 7) is 0. The topological polar surface area (TPSA) is 63.1 Å². The summed E-state index contributed by atoms with van der Waals surface area (Å²) >= 11 is 7.97. The Morgan fingerprint density at radius 2 is 2.16 bits per heavy atom. The van der Waals surface area contributed by atoms with Gasteiger partial charge in [0.15, 0.2) is 0 Å². The Morgan fingerprint density at radius 1 is 1.42 bits per heavy atom. The second-order valence-electron chi connectivity index (χ2n) is 4.30. The van der Waals surface area contributed by atoms with Gasteiger partial charge in [-0.2, -0.15) is 0 Å². The van der Waals surface area contributed by atoms with Gasteiger partial charge < -0.3 is 5.11 Å². The Hall–Kier alpha value is -0.790. The van der Waals surface area contributed by atoms with Crippen molar-refractivity contribution < 1.29 is 9.90 Å². The Kier molecular flexibility index (Phi) is 3.44. The van der Waals surface area contributed by atoms with Crippen LogP contribution in [-0.2, 0) is 0 Å². The molecule has 0 amide bonds. The summed E-state index contributed by atoms with van der Waals surface area (Å²) in [5.41, 5.74) is 1.40. The van der Waals surface area contributed by atoms with Crippen LogP contribution in [0.15, 0.2) is 21.2 Å². The summed E-state index contributed by atoms with van der Waals surface area (Å²) < 4.78 is 1.66. The van der Waals surface area contributed by atoms with Gasteiger partial charge in [-0.1, -0.05) is 0 Å². The van der Waals surface area contributed by atoms with Crippen molar-refractivity contribution in [2.75, 3.05) is 0 Å². The van der Waals surface area contributed by atoms with Gasteiger partial charge in [-0.15, -0.1) is 11.3 Å². The summed E-state index contributed by atoms with van der Waals surface area (Å²) in [5, 5.41) is 9.90. The van der Waals surface area contributed by atoms with Crippen molar-refractivity contribution in [3.8, 4) is 10.7 Å². The van der Waals surface area contributed by atoms with Crippen molar-refractivity contribution >= 4 is 49.2 Å². The maximum Gasteiger partial charge on any atom is 0.347 e. The lowest BCUT2D eigenvalue weighted by atomic mass is 10.2. The lowest BCUT2D eigenvalue weighted by Gasteiger charge is -1.99. The van der Waals surface area contributed by atoms with Crippen LogP contribution < -0.4 is 0 Å². The summed E-state index contributed by atoms with van der Waals surface area (Å²) in [7, 11) is 0. The molecule has 0 bridgehead atoms. The molecule has 98 valence electrons. The van der Waals surface area contributed by atoms with Crippen LogP contribution in [0.5, 0.6) is 0 Å². The van der Waals surface area contributed by atoms with Crippen molar-refractivity contribution in [2.45, 2.75) is 18.8 Å². The Labute approximate surface area is 130 Å². The second kappa shape index (κ2) is 4.96. The average molecular weight is 404 g/mol. The molecule has 3 rings (SSSR count). The minimum absolute atomic E-state index is 0.310. The number of carbonyl (C=O) groups is 1. The first-order chi connectivity index (χ1) is 9.06. The van der Waals surface area contributed by atoms with E-state index in [2.05, 4.69) is 41.8 Å². The lowest BCUT2D eigenvalue weighted by Crippen LogP contribution is -1.97. The Bertz CT molecular complexity index is 668. The fourth-order valence-corrected chi connectivity index (χ4v) is 4.10. The van der Waals surface area contributed by atoms with Crippen LogP contribution in [0.4, 0.5) is 0 Å². The first-order valence-electron chi connectivity index (χ1n) is 5.61. The fraction of sp³-hybridized carbons (Fsp3) is 0.250. The number of aromatic nitrogens is 2. The van der Waals surface area contributed by atoms with Crippen molar-refractivity contribution in [1.29, 1.82) is 0 Å². The predicted octanol–water partition coefficient (Wildman–Crippen LogP) is 4.31. The maximum atomic E-state index is 11.3. The van der Waals surface area contributed by atoms with Gasteiger partial charge in [-0.05, 0) is 50.8 Å². The number of carboxylic acid groups (broad SMARTS) is 1. The van der Waals surface area contributed by atoms with Crippen molar-refractivity contribution in [2.24, 2.45) is 0 Å². The van der Waals surface area contributed by atoms with Gasteiger partial charge in [0.1, 0.15) is 15.6 Å². The molecule has 0 atom stereocenters. The molecule has 1 aliphatic carbocycles. The maximum absolute atomic E-state index is 11.3. The Morgan fingerprint density at radius 3 is 2.74 bits per heavy atom. The van der Waals surface area contributed by atoms with Gasteiger partial charge in [0.25, 0.3) is 0 Å². The highest BCUT2D eigenvalue weighted by Crippen LogP contribution is 2.44. The number of carboxylic acids is 1. The normalized spacial score (nSPS) is 14.6. The van der Waals surface area contributed by atoms with Crippen molar-refractivity contribution in [1.82, 2.24) is 9.97 Å². The van der Waals surface area contributed by atoms with Crippen LogP contribution in [0, 0.1) is 0 Å². The summed E-state index contributed by atoms with van der Waals surface area (Å²) in [4.78, 5) is 20.4. The number of hydrogen-bond acceptors (Lipinski definition) is 4. The van der Waals surface area contributed by atoms with Crippen LogP contribution in [0.3, 0.4) is 0 Å². The molecule has 2 heterocycles. The molecule has 0 spiro atoms. The molecule has 0 radical (unpaired) electrons. The number of hydrogen-bond donors (Lipinski definition) is 1. The van der Waals surface area contributed by atoms with Crippen molar-refractivity contribution in [3.05, 3.63) is 31.8 Å². The molecule has 2 aromatic heterocycles. The number of aromatic carboxylic acids is 1. The zero-order valence-corrected chi connectivity index (χ0v) is 13.5. The van der Waals surface area contributed by atoms with E-state index in [9.17, 15) is 9.90 Å². The third-order valence-electron chi connectivity index (χ3n) is 2.82. The van der Waals surface area contributed by atoms with Crippen LogP contribution in [0.1, 0.15) is 34.1 Å². The van der Waals surface area contributed by atoms with Gasteiger partial charge >= 0.3 is 5.97 Å². The molecule has 1 aliphatic rings. The molecule has 1 saturated carbocycles. The van der Waals surface area contributed by atoms with Crippen molar-refractivity contribution in [3.63, 3.8) is 0 Å². The minimum Gasteiger partial charge on any atom is -0.477 e. The zero-order chi connectivity index (χ0) is 13.6. The zero-order valence-electron chi connectivity index (χ0n) is 9.56. The molecule has 2 aromatic rings. The quantitative estimate of drug-likeness (QED) is 0.829. The highest BCUT2D eigenvalue weighted by molar-refractivity contribution is 9.11. The third-order valence-corrected chi connectivity index (χ3v) is 4.93. The third kappa shape index (κ3) is 2.59. The van der Waals surface area contributed by atoms with E-state index in [0.717, 1.165) is 21.8 Å². The van der Waals surface area contributed by atoms with Crippen LogP contribution >= 0.6 is 43.2 Å². The van der Waals surface area contributed by atoms with E-state index in [1.165, 1.54) is 11.3 Å². The Balaban J connectivity index is 2.10. The van der Waals surface area contributed by atoms with Gasteiger partial charge in [-0.3, -0.25) is 4.98 Å². The first kappa shape index (κ1) is 13.2. The monoisotopic (exact) mass is 402 g/mol. The molecule has 1 fully saturated rings. The standard InChI is InChI=1S/C12H8Br2N2O2S/c13-6-3-7(14)9(15-4-6)11-16-8(5-1-2-5)10(19-11)12(17)18/h3-5H,1-2H2,(H,17,18). The summed E-state index contributed by atoms with van der Waals surface area (Å²) in [6, 6.07) is 1.88. The largest absolute Gasteiger partial charge is 0.477 e. The molecule has 7 heteroatoms. The lowest BCUT2D eigenvalue weighted by molar-refractivity contribution is 0.0700. The van der Waals surface area contributed by atoms with E-state index < -0.39 is 5.97 Å². The predicted molar refractivity (Wildman–Crippen MR) is 79.7 cm³/mol. The van der Waals surface area contributed by atoms with E-state index in [1.54, 1.807) is 6.20 Å². The van der Waals surface area contributed by atoms with Gasteiger partial charge in [0, 0.05) is 21.1 Å². The minimum atomic E-state index is -0.904. The summed E-state index contributed by atoms with van der Waals surface area (Å²) in [6.07, 6.45) is 3.73. The van der Waals surface area contributed by atoms with Gasteiger partial charge in [-0.25, -0.2) is 9.78 Å². The second-order valence-corrected chi connectivity index (χ2v) is 7.07. The fourth-order valence-electron chi connectivity index (χ4n) is 1.79. The smallest absolute Gasteiger partial charge is 0.347 e. The SMILES string of the molecule is O=C(O)c1sc(-c2ncc(Br)cc2Br)nc1C1CC1. The molecular weight excluding hydrogens is 396 g/mol. The molecule has 19 heavy (non-hydrogen) atoms. The van der Waals surface area contributed by atoms with Crippen LogP contribution in [0.25, 0.3) is 10.7 Å². The highest BCUT2D eigenvalue weighted by Gasteiger charge is 2.32. The molecule has 0 aliphatic heterocycles. The molecule has 4 nitrogen and oxygen atoms in total. The van der Waals surface area contributed by atoms with E-state index in [0.29, 0.717) is 27.2 Å². The molecule has 0 saturated heterocycles. The molecule has 1 N–H and O–H groups in total. The summed E-state index contributed by atoms with van der Waals surface area (Å²) in [5.74, 6) is -0.593. The van der Waals surface area contributed by atoms with Gasteiger partial charge in [0.2, 0.25) is 0 Å². The molecule has 0 unspecified atom stereocenters. The van der Waals surface area contributed by atoms with Crippen LogP contribution in [0.2, 0.25) is 0 Å². The number of halogens is 2. The molecule has 0 aromatic carbocycles. The van der Waals surface area contributed by atoms with E-state index >= 15 is 0 Å². The highest BCUT2D eigenvalue weighted by atomic mass is 79.9. The molecular formula is C12H8Br2N2O2S. The number of pyridine rings is 1. The number of rotatable bonds is 3. The number of nitrogens with zero attached hydrogens (tertiary/aromatic N) is 2. The number of thiazole rings is 1. The van der Waals surface area contributed by atoms with Crippen LogP contribution in [-0.4, -0.2) is 21.0 Å². The van der Waals surface area contributed by atoms with Gasteiger partial charge in [0.05, 0.1) is 5.69 Å². The van der Waals surface area contributed by atoms with E-state index in [1.807, 2.05) is 6.07 Å². The average Bonchev–Trinajstić information content (AvgIpc) is 3.09. The van der Waals surface area contributed by atoms with E-state index in [-0.39, 0.29) is 0 Å².